The van der Waals surface area contributed by atoms with E-state index in [-0.39, 0.29) is 0 Å². The quantitative estimate of drug-likeness (QED) is 0.861. The number of rotatable bonds is 4. The van der Waals surface area contributed by atoms with Gasteiger partial charge in [-0.3, -0.25) is 4.98 Å². The summed E-state index contributed by atoms with van der Waals surface area (Å²) in [6, 6.07) is 3.40. The number of aromatic nitrogens is 2. The lowest BCUT2D eigenvalue weighted by Gasteiger charge is -2.03. The Bertz CT molecular complexity index is 598. The first kappa shape index (κ1) is 13.3. The monoisotopic (exact) mass is 279 g/mol. The largest absolute Gasteiger partial charge is 0.497 e. The molecular weight excluding hydrogens is 266 g/mol. The first-order valence-corrected chi connectivity index (χ1v) is 6.41. The van der Waals surface area contributed by atoms with Gasteiger partial charge in [0, 0.05) is 12.3 Å². The molecule has 100 valence electrons. The Balaban J connectivity index is 2.46. The molecule has 0 unspecified atom stereocenters. The van der Waals surface area contributed by atoms with Gasteiger partial charge in [0.25, 0.3) is 0 Å². The van der Waals surface area contributed by atoms with Gasteiger partial charge in [-0.1, -0.05) is 11.3 Å². The minimum atomic E-state index is -0.448. The van der Waals surface area contributed by atoms with Crippen molar-refractivity contribution < 1.29 is 14.3 Å². The molecule has 2 N–H and O–H groups in total. The van der Waals surface area contributed by atoms with Crippen LogP contribution in [0.4, 0.5) is 5.13 Å². The fourth-order valence-electron chi connectivity index (χ4n) is 1.51. The summed E-state index contributed by atoms with van der Waals surface area (Å²) in [5.41, 5.74) is 6.60. The first-order chi connectivity index (χ1) is 9.15. The van der Waals surface area contributed by atoms with Crippen molar-refractivity contribution >= 4 is 22.4 Å². The number of hydrogen-bond acceptors (Lipinski definition) is 7. The van der Waals surface area contributed by atoms with Crippen molar-refractivity contribution in [1.29, 1.82) is 0 Å². The van der Waals surface area contributed by atoms with Crippen LogP contribution in [0.25, 0.3) is 11.4 Å². The standard InChI is InChI=1S/C12H13N3O3S/c1-3-18-11(16)10-9(15-12(13)19-10)8-6-7(17-2)4-5-14-8/h4-6H,3H2,1-2H3,(H2,13,15). The molecular formula is C12H13N3O3S. The summed E-state index contributed by atoms with van der Waals surface area (Å²) < 4.78 is 10.1. The summed E-state index contributed by atoms with van der Waals surface area (Å²) in [6.07, 6.45) is 1.58. The number of hydrogen-bond donors (Lipinski definition) is 1. The normalized spacial score (nSPS) is 10.2. The molecule has 0 bridgehead atoms. The van der Waals surface area contributed by atoms with Gasteiger partial charge in [0.15, 0.2) is 5.13 Å². The molecule has 6 nitrogen and oxygen atoms in total. The Morgan fingerprint density at radius 1 is 1.53 bits per heavy atom. The zero-order chi connectivity index (χ0) is 13.8. The Labute approximate surface area is 114 Å². The van der Waals surface area contributed by atoms with Gasteiger partial charge < -0.3 is 15.2 Å². The second-order valence-corrected chi connectivity index (χ2v) is 4.56. The fourth-order valence-corrected chi connectivity index (χ4v) is 2.25. The van der Waals surface area contributed by atoms with E-state index in [0.29, 0.717) is 33.8 Å². The molecule has 0 amide bonds. The molecule has 0 atom stereocenters. The zero-order valence-electron chi connectivity index (χ0n) is 10.5. The molecule has 2 heterocycles. The van der Waals surface area contributed by atoms with Crippen LogP contribution < -0.4 is 10.5 Å². The van der Waals surface area contributed by atoms with Crippen LogP contribution in [0.3, 0.4) is 0 Å². The van der Waals surface area contributed by atoms with Crippen LogP contribution in [0, 0.1) is 0 Å². The number of thiazole rings is 1. The third-order valence-corrected chi connectivity index (χ3v) is 3.18. The van der Waals surface area contributed by atoms with E-state index in [1.165, 1.54) is 0 Å². The Hall–Kier alpha value is -2.15. The number of methoxy groups -OCH3 is 1. The number of nitrogens with two attached hydrogens (primary N) is 1. The predicted molar refractivity (Wildman–Crippen MR) is 72.3 cm³/mol. The molecule has 0 aromatic carbocycles. The lowest BCUT2D eigenvalue weighted by molar-refractivity contribution is 0.0532. The number of carbonyl (C=O) groups is 1. The van der Waals surface area contributed by atoms with E-state index in [0.717, 1.165) is 11.3 Å². The van der Waals surface area contributed by atoms with Crippen LogP contribution in [0.1, 0.15) is 16.6 Å². The second kappa shape index (κ2) is 5.66. The van der Waals surface area contributed by atoms with E-state index in [1.54, 1.807) is 32.4 Å². The average Bonchev–Trinajstić information content (AvgIpc) is 2.81. The number of anilines is 1. The third kappa shape index (κ3) is 2.82. The molecule has 2 aromatic rings. The maximum absolute atomic E-state index is 11.8. The van der Waals surface area contributed by atoms with E-state index in [4.69, 9.17) is 15.2 Å². The summed E-state index contributed by atoms with van der Waals surface area (Å²) in [4.78, 5) is 20.5. The molecule has 0 saturated carbocycles. The maximum Gasteiger partial charge on any atom is 0.350 e. The summed E-state index contributed by atoms with van der Waals surface area (Å²) in [7, 11) is 1.56. The van der Waals surface area contributed by atoms with Crippen LogP contribution in [0.5, 0.6) is 5.75 Å². The van der Waals surface area contributed by atoms with E-state index >= 15 is 0 Å². The molecule has 0 radical (unpaired) electrons. The SMILES string of the molecule is CCOC(=O)c1sc(N)nc1-c1cc(OC)ccn1. The van der Waals surface area contributed by atoms with Gasteiger partial charge in [0.05, 0.1) is 19.4 Å². The fraction of sp³-hybridized carbons (Fsp3) is 0.250. The van der Waals surface area contributed by atoms with Gasteiger partial charge in [-0.05, 0) is 13.0 Å². The van der Waals surface area contributed by atoms with Crippen molar-refractivity contribution in [1.82, 2.24) is 9.97 Å². The van der Waals surface area contributed by atoms with Crippen molar-refractivity contribution in [2.45, 2.75) is 6.92 Å². The molecule has 2 aromatic heterocycles. The molecule has 0 aliphatic rings. The van der Waals surface area contributed by atoms with Crippen LogP contribution >= 0.6 is 11.3 Å². The smallest absolute Gasteiger partial charge is 0.350 e. The number of ether oxygens (including phenoxy) is 2. The lowest BCUT2D eigenvalue weighted by atomic mass is 10.2. The molecule has 0 aliphatic heterocycles. The second-order valence-electron chi connectivity index (χ2n) is 3.53. The highest BCUT2D eigenvalue weighted by molar-refractivity contribution is 7.17. The summed E-state index contributed by atoms with van der Waals surface area (Å²) in [5.74, 6) is 0.183. The minimum absolute atomic E-state index is 0.293. The first-order valence-electron chi connectivity index (χ1n) is 5.59. The molecule has 0 aliphatic carbocycles. The zero-order valence-corrected chi connectivity index (χ0v) is 11.4. The lowest BCUT2D eigenvalue weighted by Crippen LogP contribution is -2.04. The number of nitrogens with zero attached hydrogens (tertiary/aromatic N) is 2. The molecule has 2 rings (SSSR count). The number of nitrogen functional groups attached to an aromatic ring is 1. The maximum atomic E-state index is 11.8. The summed E-state index contributed by atoms with van der Waals surface area (Å²) >= 11 is 1.08. The predicted octanol–water partition coefficient (Wildman–Crippen LogP) is 1.97. The van der Waals surface area contributed by atoms with E-state index in [1.807, 2.05) is 0 Å². The van der Waals surface area contributed by atoms with E-state index in [2.05, 4.69) is 9.97 Å². The van der Waals surface area contributed by atoms with Gasteiger partial charge >= 0.3 is 5.97 Å². The number of pyridine rings is 1. The van der Waals surface area contributed by atoms with Crippen LogP contribution in [-0.2, 0) is 4.74 Å². The summed E-state index contributed by atoms with van der Waals surface area (Å²) in [5, 5.41) is 0.294. The van der Waals surface area contributed by atoms with Crippen LogP contribution in [0.2, 0.25) is 0 Å². The van der Waals surface area contributed by atoms with Gasteiger partial charge in [0.1, 0.15) is 16.3 Å². The number of esters is 1. The molecule has 7 heteroatoms. The van der Waals surface area contributed by atoms with Crippen molar-refractivity contribution in [3.8, 4) is 17.1 Å². The van der Waals surface area contributed by atoms with Crippen molar-refractivity contribution in [3.63, 3.8) is 0 Å². The van der Waals surface area contributed by atoms with Crippen molar-refractivity contribution in [2.75, 3.05) is 19.5 Å². The highest BCUT2D eigenvalue weighted by Crippen LogP contribution is 2.30. The highest BCUT2D eigenvalue weighted by Gasteiger charge is 2.20. The molecule has 0 fully saturated rings. The molecule has 0 spiro atoms. The third-order valence-electron chi connectivity index (χ3n) is 2.31. The van der Waals surface area contributed by atoms with Crippen molar-refractivity contribution in [2.24, 2.45) is 0 Å². The minimum Gasteiger partial charge on any atom is -0.497 e. The van der Waals surface area contributed by atoms with Gasteiger partial charge in [-0.25, -0.2) is 9.78 Å². The van der Waals surface area contributed by atoms with E-state index < -0.39 is 5.97 Å². The van der Waals surface area contributed by atoms with E-state index in [9.17, 15) is 4.79 Å². The van der Waals surface area contributed by atoms with Crippen molar-refractivity contribution in [3.05, 3.63) is 23.2 Å². The Morgan fingerprint density at radius 3 is 3.00 bits per heavy atom. The molecule has 19 heavy (non-hydrogen) atoms. The van der Waals surface area contributed by atoms with Gasteiger partial charge in [-0.15, -0.1) is 0 Å². The topological polar surface area (TPSA) is 87.3 Å². The van der Waals surface area contributed by atoms with Gasteiger partial charge in [-0.2, -0.15) is 0 Å². The Morgan fingerprint density at radius 2 is 2.32 bits per heavy atom. The number of carbonyl (C=O) groups excluding carboxylic acids is 1. The average molecular weight is 279 g/mol. The highest BCUT2D eigenvalue weighted by atomic mass is 32.1. The Kier molecular flexibility index (Phi) is 3.96. The summed E-state index contributed by atoms with van der Waals surface area (Å²) in [6.45, 7) is 2.04. The molecule has 0 saturated heterocycles. The van der Waals surface area contributed by atoms with Crippen LogP contribution in [0.15, 0.2) is 18.3 Å². The van der Waals surface area contributed by atoms with Gasteiger partial charge in [0.2, 0.25) is 0 Å². The van der Waals surface area contributed by atoms with Crippen LogP contribution in [-0.4, -0.2) is 29.7 Å².